The molecule has 1 aliphatic heterocycles. The third-order valence-corrected chi connectivity index (χ3v) is 6.94. The minimum absolute atomic E-state index is 0.0248. The second kappa shape index (κ2) is 7.71. The number of nitrogens with zero attached hydrogens (tertiary/aromatic N) is 4. The summed E-state index contributed by atoms with van der Waals surface area (Å²) in [5.41, 5.74) is 2.08. The van der Waals surface area contributed by atoms with Crippen LogP contribution in [0.5, 0.6) is 0 Å². The second-order valence-corrected chi connectivity index (χ2v) is 8.58. The molecule has 0 spiro atoms. The predicted molar refractivity (Wildman–Crippen MR) is 101 cm³/mol. The number of nitro groups is 1. The van der Waals surface area contributed by atoms with Gasteiger partial charge in [-0.1, -0.05) is 0 Å². The van der Waals surface area contributed by atoms with Crippen molar-refractivity contribution >= 4 is 15.7 Å². The fourth-order valence-electron chi connectivity index (χ4n) is 3.20. The van der Waals surface area contributed by atoms with Crippen LogP contribution in [-0.2, 0) is 16.6 Å². The zero-order valence-electron chi connectivity index (χ0n) is 15.3. The Morgan fingerprint density at radius 2 is 1.74 bits per heavy atom. The molecule has 1 saturated heterocycles. The number of hydrogen-bond donors (Lipinski definition) is 0. The molecule has 1 aromatic carbocycles. The van der Waals surface area contributed by atoms with Crippen LogP contribution in [0.4, 0.5) is 5.69 Å². The summed E-state index contributed by atoms with van der Waals surface area (Å²) in [4.78, 5) is 16.8. The van der Waals surface area contributed by atoms with Crippen LogP contribution < -0.4 is 0 Å². The number of non-ortho nitro benzene ring substituents is 1. The first kappa shape index (κ1) is 19.4. The normalized spacial score (nSPS) is 16.4. The van der Waals surface area contributed by atoms with Crippen molar-refractivity contribution < 1.29 is 13.3 Å². The monoisotopic (exact) mass is 390 g/mol. The summed E-state index contributed by atoms with van der Waals surface area (Å²) in [5, 5.41) is 11.1. The molecule has 27 heavy (non-hydrogen) atoms. The number of hydrogen-bond acceptors (Lipinski definition) is 6. The van der Waals surface area contributed by atoms with Gasteiger partial charge in [0, 0.05) is 57.3 Å². The van der Waals surface area contributed by atoms with Crippen molar-refractivity contribution in [1.82, 2.24) is 14.2 Å². The van der Waals surface area contributed by atoms with E-state index in [1.165, 1.54) is 16.4 Å². The summed E-state index contributed by atoms with van der Waals surface area (Å²) < 4.78 is 27.6. The van der Waals surface area contributed by atoms with Gasteiger partial charge in [-0.3, -0.25) is 20.0 Å². The summed E-state index contributed by atoms with van der Waals surface area (Å²) >= 11 is 0. The fourth-order valence-corrected chi connectivity index (χ4v) is 4.94. The summed E-state index contributed by atoms with van der Waals surface area (Å²) in [7, 11) is -3.78. The first-order chi connectivity index (χ1) is 12.8. The smallest absolute Gasteiger partial charge is 0.271 e. The molecule has 3 rings (SSSR count). The van der Waals surface area contributed by atoms with Gasteiger partial charge in [0.15, 0.2) is 0 Å². The van der Waals surface area contributed by atoms with Gasteiger partial charge in [-0.2, -0.15) is 4.31 Å². The Morgan fingerprint density at radius 1 is 1.11 bits per heavy atom. The summed E-state index contributed by atoms with van der Waals surface area (Å²) in [5.74, 6) is 0. The number of rotatable bonds is 5. The van der Waals surface area contributed by atoms with Crippen molar-refractivity contribution in [1.29, 1.82) is 0 Å². The lowest BCUT2D eigenvalue weighted by molar-refractivity contribution is -0.385. The summed E-state index contributed by atoms with van der Waals surface area (Å²) in [6, 6.07) is 6.46. The Morgan fingerprint density at radius 3 is 2.33 bits per heavy atom. The Balaban J connectivity index is 1.76. The second-order valence-electron chi connectivity index (χ2n) is 6.68. The standard InChI is InChI=1S/C18H22N4O4S/c1-14-11-17(22(23)24)12-18(15(14)2)27(25,26)21-9-7-20(8-10-21)13-16-3-5-19-6-4-16/h3-6,11-12H,7-10,13H2,1-2H3. The Labute approximate surface area is 158 Å². The minimum Gasteiger partial charge on any atom is -0.296 e. The molecule has 0 saturated carbocycles. The molecule has 2 heterocycles. The number of aryl methyl sites for hydroxylation is 1. The molecule has 144 valence electrons. The predicted octanol–water partition coefficient (Wildman–Crippen LogP) is 2.11. The van der Waals surface area contributed by atoms with Gasteiger partial charge in [0.05, 0.1) is 9.82 Å². The van der Waals surface area contributed by atoms with Crippen LogP contribution in [0, 0.1) is 24.0 Å². The largest absolute Gasteiger partial charge is 0.296 e. The molecular formula is C18H22N4O4S. The van der Waals surface area contributed by atoms with E-state index in [2.05, 4.69) is 9.88 Å². The van der Waals surface area contributed by atoms with Crippen LogP contribution in [0.2, 0.25) is 0 Å². The van der Waals surface area contributed by atoms with Crippen molar-refractivity contribution in [3.05, 3.63) is 63.5 Å². The Hall–Kier alpha value is -2.36. The first-order valence-corrected chi connectivity index (χ1v) is 10.1. The molecule has 1 aromatic heterocycles. The summed E-state index contributed by atoms with van der Waals surface area (Å²) in [6.07, 6.45) is 3.48. The number of pyridine rings is 1. The van der Waals surface area contributed by atoms with E-state index >= 15 is 0 Å². The lowest BCUT2D eigenvalue weighted by atomic mass is 10.1. The van der Waals surface area contributed by atoms with Crippen LogP contribution in [-0.4, -0.2) is 53.7 Å². The molecule has 1 aliphatic rings. The quantitative estimate of drug-likeness (QED) is 0.573. The third kappa shape index (κ3) is 4.15. The van der Waals surface area contributed by atoms with E-state index in [9.17, 15) is 18.5 Å². The van der Waals surface area contributed by atoms with Crippen LogP contribution >= 0.6 is 0 Å². The Bertz CT molecular complexity index is 939. The molecular weight excluding hydrogens is 368 g/mol. The van der Waals surface area contributed by atoms with Crippen LogP contribution in [0.25, 0.3) is 0 Å². The molecule has 8 nitrogen and oxygen atoms in total. The van der Waals surface area contributed by atoms with Crippen molar-refractivity contribution in [2.24, 2.45) is 0 Å². The van der Waals surface area contributed by atoms with Crippen molar-refractivity contribution in [2.75, 3.05) is 26.2 Å². The number of sulfonamides is 1. The fraction of sp³-hybridized carbons (Fsp3) is 0.389. The van der Waals surface area contributed by atoms with Gasteiger partial charge >= 0.3 is 0 Å². The van der Waals surface area contributed by atoms with Gasteiger partial charge in [0.25, 0.3) is 5.69 Å². The topological polar surface area (TPSA) is 96.6 Å². The van der Waals surface area contributed by atoms with Crippen molar-refractivity contribution in [3.8, 4) is 0 Å². The van der Waals surface area contributed by atoms with Crippen molar-refractivity contribution in [2.45, 2.75) is 25.3 Å². The zero-order valence-corrected chi connectivity index (χ0v) is 16.1. The van der Waals surface area contributed by atoms with E-state index in [1.807, 2.05) is 12.1 Å². The van der Waals surface area contributed by atoms with E-state index in [-0.39, 0.29) is 10.6 Å². The van der Waals surface area contributed by atoms with E-state index in [1.54, 1.807) is 26.2 Å². The number of aromatic nitrogens is 1. The van der Waals surface area contributed by atoms with Gasteiger partial charge in [-0.15, -0.1) is 0 Å². The maximum Gasteiger partial charge on any atom is 0.271 e. The van der Waals surface area contributed by atoms with Crippen molar-refractivity contribution in [3.63, 3.8) is 0 Å². The van der Waals surface area contributed by atoms with E-state index in [0.717, 1.165) is 12.1 Å². The molecule has 0 N–H and O–H groups in total. The third-order valence-electron chi connectivity index (χ3n) is 4.92. The highest BCUT2D eigenvalue weighted by Crippen LogP contribution is 2.28. The number of nitro benzene ring substituents is 1. The lowest BCUT2D eigenvalue weighted by Gasteiger charge is -2.34. The number of benzene rings is 1. The van der Waals surface area contributed by atoms with Gasteiger partial charge in [-0.05, 0) is 42.7 Å². The molecule has 2 aromatic rings. The molecule has 1 fully saturated rings. The van der Waals surface area contributed by atoms with E-state index in [0.29, 0.717) is 37.3 Å². The average Bonchev–Trinajstić information content (AvgIpc) is 2.65. The van der Waals surface area contributed by atoms with E-state index < -0.39 is 14.9 Å². The molecule has 0 atom stereocenters. The van der Waals surface area contributed by atoms with Gasteiger partial charge in [-0.25, -0.2) is 8.42 Å². The Kier molecular flexibility index (Phi) is 5.54. The minimum atomic E-state index is -3.78. The molecule has 0 unspecified atom stereocenters. The zero-order chi connectivity index (χ0) is 19.6. The van der Waals surface area contributed by atoms with Gasteiger partial charge < -0.3 is 0 Å². The maximum absolute atomic E-state index is 13.1. The molecule has 0 bridgehead atoms. The number of piperazine rings is 1. The first-order valence-electron chi connectivity index (χ1n) is 8.66. The van der Waals surface area contributed by atoms with Gasteiger partial charge in [0.1, 0.15) is 0 Å². The maximum atomic E-state index is 13.1. The van der Waals surface area contributed by atoms with Crippen LogP contribution in [0.3, 0.4) is 0 Å². The van der Waals surface area contributed by atoms with E-state index in [4.69, 9.17) is 0 Å². The molecule has 9 heteroatoms. The van der Waals surface area contributed by atoms with Crippen LogP contribution in [0.15, 0.2) is 41.6 Å². The average molecular weight is 390 g/mol. The summed E-state index contributed by atoms with van der Waals surface area (Å²) in [6.45, 7) is 6.04. The molecule has 0 radical (unpaired) electrons. The highest BCUT2D eigenvalue weighted by Gasteiger charge is 2.31. The molecule has 0 aliphatic carbocycles. The highest BCUT2D eigenvalue weighted by atomic mass is 32.2. The van der Waals surface area contributed by atoms with Gasteiger partial charge in [0.2, 0.25) is 10.0 Å². The van der Waals surface area contributed by atoms with Crippen LogP contribution in [0.1, 0.15) is 16.7 Å². The highest BCUT2D eigenvalue weighted by molar-refractivity contribution is 7.89. The lowest BCUT2D eigenvalue weighted by Crippen LogP contribution is -2.48. The SMILES string of the molecule is Cc1cc([N+](=O)[O-])cc(S(=O)(=O)N2CCN(Cc3ccncc3)CC2)c1C. The molecule has 0 amide bonds.